The Morgan fingerprint density at radius 1 is 1.39 bits per heavy atom. The Labute approximate surface area is 108 Å². The first-order valence-corrected chi connectivity index (χ1v) is 6.48. The number of aliphatic hydroxyl groups is 1. The van der Waals surface area contributed by atoms with Gasteiger partial charge in [0, 0.05) is 0 Å². The highest BCUT2D eigenvalue weighted by Crippen LogP contribution is 2.36. The standard InChI is InChI=1S/C16H21FO/c1-11-6-14(17)5-4-13(11)7-12-8-15(18)10-16(2,3)9-12/h4-6,8,15,18H,7,9-10H2,1-3H3. The van der Waals surface area contributed by atoms with Crippen molar-refractivity contribution >= 4 is 0 Å². The zero-order chi connectivity index (χ0) is 13.3. The van der Waals surface area contributed by atoms with E-state index in [0.717, 1.165) is 30.4 Å². The first kappa shape index (κ1) is 13.3. The van der Waals surface area contributed by atoms with E-state index in [0.29, 0.717) is 0 Å². The van der Waals surface area contributed by atoms with Crippen LogP contribution in [0.1, 0.15) is 37.8 Å². The maximum absolute atomic E-state index is 13.1. The average molecular weight is 248 g/mol. The number of rotatable bonds is 2. The third-order valence-electron chi connectivity index (χ3n) is 3.62. The smallest absolute Gasteiger partial charge is 0.123 e. The summed E-state index contributed by atoms with van der Waals surface area (Å²) in [5, 5.41) is 9.87. The lowest BCUT2D eigenvalue weighted by Gasteiger charge is -2.32. The van der Waals surface area contributed by atoms with Crippen molar-refractivity contribution in [2.45, 2.75) is 46.1 Å². The number of hydrogen-bond acceptors (Lipinski definition) is 1. The lowest BCUT2D eigenvalue weighted by molar-refractivity contribution is 0.138. The molecule has 0 aliphatic heterocycles. The van der Waals surface area contributed by atoms with E-state index in [-0.39, 0.29) is 17.3 Å². The van der Waals surface area contributed by atoms with Gasteiger partial charge >= 0.3 is 0 Å². The third kappa shape index (κ3) is 3.20. The molecule has 1 aromatic rings. The minimum atomic E-state index is -0.343. The second-order valence-corrected chi connectivity index (χ2v) is 6.18. The molecule has 1 aliphatic carbocycles. The average Bonchev–Trinajstić information content (AvgIpc) is 2.19. The summed E-state index contributed by atoms with van der Waals surface area (Å²) in [5.74, 6) is -0.186. The molecule has 1 unspecified atom stereocenters. The monoisotopic (exact) mass is 248 g/mol. The van der Waals surface area contributed by atoms with Gasteiger partial charge in [0.2, 0.25) is 0 Å². The number of hydrogen-bond donors (Lipinski definition) is 1. The van der Waals surface area contributed by atoms with Crippen LogP contribution in [0.25, 0.3) is 0 Å². The van der Waals surface area contributed by atoms with E-state index in [9.17, 15) is 9.50 Å². The Bertz CT molecular complexity index is 474. The molecule has 2 heteroatoms. The number of aryl methyl sites for hydroxylation is 1. The minimum Gasteiger partial charge on any atom is -0.389 e. The maximum atomic E-state index is 13.1. The Morgan fingerprint density at radius 3 is 2.72 bits per heavy atom. The van der Waals surface area contributed by atoms with Crippen molar-refractivity contribution in [3.05, 3.63) is 46.8 Å². The van der Waals surface area contributed by atoms with Crippen LogP contribution in [0.15, 0.2) is 29.8 Å². The van der Waals surface area contributed by atoms with E-state index in [1.807, 2.05) is 19.1 Å². The van der Waals surface area contributed by atoms with E-state index < -0.39 is 0 Å². The van der Waals surface area contributed by atoms with Crippen LogP contribution in [-0.4, -0.2) is 11.2 Å². The topological polar surface area (TPSA) is 20.2 Å². The first-order chi connectivity index (χ1) is 8.35. The predicted octanol–water partition coefficient (Wildman–Crippen LogP) is 3.78. The summed E-state index contributed by atoms with van der Waals surface area (Å²) >= 11 is 0. The van der Waals surface area contributed by atoms with Crippen LogP contribution in [0.5, 0.6) is 0 Å². The summed E-state index contributed by atoms with van der Waals surface area (Å²) in [7, 11) is 0. The molecule has 1 nitrogen and oxygen atoms in total. The van der Waals surface area contributed by atoms with Gasteiger partial charge in [0.15, 0.2) is 0 Å². The van der Waals surface area contributed by atoms with E-state index in [2.05, 4.69) is 13.8 Å². The van der Waals surface area contributed by atoms with Gasteiger partial charge in [-0.05, 0) is 54.9 Å². The zero-order valence-electron chi connectivity index (χ0n) is 11.3. The molecule has 0 spiro atoms. The zero-order valence-corrected chi connectivity index (χ0v) is 11.3. The van der Waals surface area contributed by atoms with Crippen LogP contribution in [0.2, 0.25) is 0 Å². The quantitative estimate of drug-likeness (QED) is 0.790. The van der Waals surface area contributed by atoms with E-state index in [1.54, 1.807) is 6.07 Å². The molecule has 0 aromatic heterocycles. The molecule has 0 saturated carbocycles. The molecule has 18 heavy (non-hydrogen) atoms. The second-order valence-electron chi connectivity index (χ2n) is 6.18. The third-order valence-corrected chi connectivity index (χ3v) is 3.62. The number of benzene rings is 1. The van der Waals surface area contributed by atoms with Gasteiger partial charge in [-0.3, -0.25) is 0 Å². The number of aliphatic hydroxyl groups excluding tert-OH is 1. The molecule has 0 radical (unpaired) electrons. The van der Waals surface area contributed by atoms with Crippen molar-refractivity contribution < 1.29 is 9.50 Å². The van der Waals surface area contributed by atoms with Crippen molar-refractivity contribution in [2.75, 3.05) is 0 Å². The van der Waals surface area contributed by atoms with Crippen LogP contribution in [0.4, 0.5) is 4.39 Å². The first-order valence-electron chi connectivity index (χ1n) is 6.48. The largest absolute Gasteiger partial charge is 0.389 e. The Morgan fingerprint density at radius 2 is 2.11 bits per heavy atom. The minimum absolute atomic E-state index is 0.150. The van der Waals surface area contributed by atoms with Gasteiger partial charge in [-0.15, -0.1) is 0 Å². The molecule has 0 heterocycles. The molecule has 0 bridgehead atoms. The van der Waals surface area contributed by atoms with Gasteiger partial charge < -0.3 is 5.11 Å². The number of allylic oxidation sites excluding steroid dienone is 1. The maximum Gasteiger partial charge on any atom is 0.123 e. The Kier molecular flexibility index (Phi) is 3.58. The molecule has 0 amide bonds. The fraction of sp³-hybridized carbons (Fsp3) is 0.500. The van der Waals surface area contributed by atoms with Crippen molar-refractivity contribution in [3.8, 4) is 0 Å². The van der Waals surface area contributed by atoms with Crippen LogP contribution in [0, 0.1) is 18.2 Å². The molecule has 0 fully saturated rings. The molecule has 2 rings (SSSR count). The summed E-state index contributed by atoms with van der Waals surface area (Å²) in [6.45, 7) is 6.30. The van der Waals surface area contributed by atoms with Crippen LogP contribution >= 0.6 is 0 Å². The molecule has 1 aromatic carbocycles. The van der Waals surface area contributed by atoms with Gasteiger partial charge in [0.25, 0.3) is 0 Å². The molecular formula is C16H21FO. The van der Waals surface area contributed by atoms with Gasteiger partial charge in [-0.25, -0.2) is 4.39 Å². The normalized spacial score (nSPS) is 22.7. The lowest BCUT2D eigenvalue weighted by atomic mass is 9.75. The summed E-state index contributed by atoms with van der Waals surface area (Å²) in [5.41, 5.74) is 3.53. The highest BCUT2D eigenvalue weighted by molar-refractivity contribution is 5.31. The van der Waals surface area contributed by atoms with Crippen molar-refractivity contribution in [3.63, 3.8) is 0 Å². The van der Waals surface area contributed by atoms with Gasteiger partial charge in [0.1, 0.15) is 5.82 Å². The Balaban J connectivity index is 2.18. The highest BCUT2D eigenvalue weighted by atomic mass is 19.1. The van der Waals surface area contributed by atoms with Crippen molar-refractivity contribution in [1.82, 2.24) is 0 Å². The van der Waals surface area contributed by atoms with E-state index >= 15 is 0 Å². The molecule has 1 aliphatic rings. The predicted molar refractivity (Wildman–Crippen MR) is 71.9 cm³/mol. The van der Waals surface area contributed by atoms with E-state index in [4.69, 9.17) is 0 Å². The molecule has 1 atom stereocenters. The summed E-state index contributed by atoms with van der Waals surface area (Å²) in [6, 6.07) is 4.92. The molecular weight excluding hydrogens is 227 g/mol. The summed E-state index contributed by atoms with van der Waals surface area (Å²) in [4.78, 5) is 0. The fourth-order valence-corrected chi connectivity index (χ4v) is 2.87. The van der Waals surface area contributed by atoms with Crippen LogP contribution in [0.3, 0.4) is 0 Å². The second kappa shape index (κ2) is 4.85. The number of halogens is 1. The van der Waals surface area contributed by atoms with E-state index in [1.165, 1.54) is 11.6 Å². The van der Waals surface area contributed by atoms with Gasteiger partial charge in [-0.2, -0.15) is 0 Å². The lowest BCUT2D eigenvalue weighted by Crippen LogP contribution is -2.25. The highest BCUT2D eigenvalue weighted by Gasteiger charge is 2.27. The van der Waals surface area contributed by atoms with Gasteiger partial charge in [-0.1, -0.05) is 31.6 Å². The summed E-state index contributed by atoms with van der Waals surface area (Å²) < 4.78 is 13.1. The van der Waals surface area contributed by atoms with Crippen molar-refractivity contribution in [1.29, 1.82) is 0 Å². The van der Waals surface area contributed by atoms with Gasteiger partial charge in [0.05, 0.1) is 6.10 Å². The SMILES string of the molecule is Cc1cc(F)ccc1CC1=CC(O)CC(C)(C)C1. The van der Waals surface area contributed by atoms with Crippen molar-refractivity contribution in [2.24, 2.45) is 5.41 Å². The Hall–Kier alpha value is -1.15. The fourth-order valence-electron chi connectivity index (χ4n) is 2.87. The summed E-state index contributed by atoms with van der Waals surface area (Å²) in [6.07, 6.45) is 4.25. The van der Waals surface area contributed by atoms with Crippen LogP contribution in [-0.2, 0) is 6.42 Å². The molecule has 98 valence electrons. The van der Waals surface area contributed by atoms with Crippen LogP contribution < -0.4 is 0 Å². The molecule has 0 saturated heterocycles. The molecule has 1 N–H and O–H groups in total.